The number of ether oxygens (including phenoxy) is 1. The Morgan fingerprint density at radius 1 is 0.867 bits per heavy atom. The van der Waals surface area contributed by atoms with E-state index in [2.05, 4.69) is 4.90 Å². The summed E-state index contributed by atoms with van der Waals surface area (Å²) in [5, 5.41) is 0. The predicted molar refractivity (Wildman–Crippen MR) is 64.0 cm³/mol. The average Bonchev–Trinajstić information content (AvgIpc) is 2.29. The first kappa shape index (κ1) is 12.9. The first-order chi connectivity index (χ1) is 7.43. The van der Waals surface area contributed by atoms with Crippen molar-refractivity contribution >= 4 is 0 Å². The largest absolute Gasteiger partial charge is 0.379 e. The zero-order valence-electron chi connectivity index (χ0n) is 9.92. The number of nitrogens with zero attached hydrogens (tertiary/aromatic N) is 1. The van der Waals surface area contributed by atoms with Gasteiger partial charge in [0.1, 0.15) is 0 Å². The molecular formula is C12H26N2O. The molecule has 0 unspecified atom stereocenters. The maximum Gasteiger partial charge on any atom is 0.0594 e. The Morgan fingerprint density at radius 2 is 1.47 bits per heavy atom. The minimum atomic E-state index is 0.855. The maximum atomic E-state index is 5.45. The normalized spacial score (nSPS) is 18.2. The van der Waals surface area contributed by atoms with Crippen molar-refractivity contribution in [3.63, 3.8) is 0 Å². The molecule has 1 rings (SSSR count). The van der Waals surface area contributed by atoms with Gasteiger partial charge < -0.3 is 10.5 Å². The van der Waals surface area contributed by atoms with Crippen LogP contribution in [0.4, 0.5) is 0 Å². The monoisotopic (exact) mass is 214 g/mol. The van der Waals surface area contributed by atoms with Crippen LogP contribution in [0, 0.1) is 0 Å². The summed E-state index contributed by atoms with van der Waals surface area (Å²) in [4.78, 5) is 2.52. The molecule has 15 heavy (non-hydrogen) atoms. The molecule has 0 bridgehead atoms. The molecule has 0 aromatic rings. The highest BCUT2D eigenvalue weighted by atomic mass is 16.5. The Balaban J connectivity index is 1.79. The van der Waals surface area contributed by atoms with Crippen LogP contribution in [0.3, 0.4) is 0 Å². The molecule has 0 radical (unpaired) electrons. The number of morpholine rings is 1. The Kier molecular flexibility index (Phi) is 7.88. The molecule has 0 spiro atoms. The average molecular weight is 214 g/mol. The standard InChI is InChI=1S/C12H26N2O/c13-7-5-3-1-2-4-6-8-14-9-11-15-12-10-14/h1-13H2. The van der Waals surface area contributed by atoms with Crippen LogP contribution in [0.15, 0.2) is 0 Å². The lowest BCUT2D eigenvalue weighted by Gasteiger charge is -2.26. The molecule has 0 aromatic carbocycles. The maximum absolute atomic E-state index is 5.45. The van der Waals surface area contributed by atoms with Gasteiger partial charge in [-0.15, -0.1) is 0 Å². The van der Waals surface area contributed by atoms with Crippen molar-refractivity contribution in [2.75, 3.05) is 39.4 Å². The van der Waals surface area contributed by atoms with Gasteiger partial charge in [0.15, 0.2) is 0 Å². The van der Waals surface area contributed by atoms with Crippen molar-refractivity contribution in [1.82, 2.24) is 4.90 Å². The van der Waals surface area contributed by atoms with E-state index in [1.807, 2.05) is 0 Å². The lowest BCUT2D eigenvalue weighted by molar-refractivity contribution is 0.0371. The number of nitrogens with two attached hydrogens (primary N) is 1. The second-order valence-corrected chi connectivity index (χ2v) is 4.36. The summed E-state index contributed by atoms with van der Waals surface area (Å²) >= 11 is 0. The SMILES string of the molecule is NCCCCCCCCN1CCOCC1. The van der Waals surface area contributed by atoms with E-state index in [-0.39, 0.29) is 0 Å². The Hall–Kier alpha value is -0.120. The fourth-order valence-corrected chi connectivity index (χ4v) is 2.01. The molecule has 1 fully saturated rings. The number of hydrogen-bond donors (Lipinski definition) is 1. The van der Waals surface area contributed by atoms with E-state index in [9.17, 15) is 0 Å². The van der Waals surface area contributed by atoms with Crippen molar-refractivity contribution in [2.45, 2.75) is 38.5 Å². The zero-order valence-corrected chi connectivity index (χ0v) is 9.92. The quantitative estimate of drug-likeness (QED) is 0.624. The Bertz CT molecular complexity index is 136. The molecule has 0 saturated carbocycles. The summed E-state index contributed by atoms with van der Waals surface area (Å²) in [6.45, 7) is 6.24. The van der Waals surface area contributed by atoms with Gasteiger partial charge in [-0.05, 0) is 25.9 Å². The third-order valence-corrected chi connectivity index (χ3v) is 3.03. The summed E-state index contributed by atoms with van der Waals surface area (Å²) in [6.07, 6.45) is 7.98. The van der Waals surface area contributed by atoms with Crippen LogP contribution in [-0.4, -0.2) is 44.3 Å². The third kappa shape index (κ3) is 6.88. The van der Waals surface area contributed by atoms with Crippen LogP contribution in [0.1, 0.15) is 38.5 Å². The van der Waals surface area contributed by atoms with E-state index in [0.717, 1.165) is 32.8 Å². The van der Waals surface area contributed by atoms with Gasteiger partial charge in [-0.25, -0.2) is 0 Å². The molecule has 3 nitrogen and oxygen atoms in total. The first-order valence-electron chi connectivity index (χ1n) is 6.43. The molecule has 90 valence electrons. The first-order valence-corrected chi connectivity index (χ1v) is 6.43. The third-order valence-electron chi connectivity index (χ3n) is 3.03. The molecule has 0 amide bonds. The van der Waals surface area contributed by atoms with Crippen molar-refractivity contribution in [3.05, 3.63) is 0 Å². The molecule has 0 aromatic heterocycles. The lowest BCUT2D eigenvalue weighted by Crippen LogP contribution is -2.36. The molecular weight excluding hydrogens is 188 g/mol. The number of rotatable bonds is 8. The number of hydrogen-bond acceptors (Lipinski definition) is 3. The van der Waals surface area contributed by atoms with Gasteiger partial charge in [0.05, 0.1) is 13.2 Å². The van der Waals surface area contributed by atoms with Crippen LogP contribution in [0.5, 0.6) is 0 Å². The van der Waals surface area contributed by atoms with Crippen molar-refractivity contribution in [1.29, 1.82) is 0 Å². The summed E-state index contributed by atoms with van der Waals surface area (Å²) in [5.41, 5.74) is 5.45. The zero-order chi connectivity index (χ0) is 10.8. The van der Waals surface area contributed by atoms with Crippen LogP contribution < -0.4 is 5.73 Å². The molecule has 1 aliphatic rings. The predicted octanol–water partition coefficient (Wildman–Crippen LogP) is 1.62. The lowest BCUT2D eigenvalue weighted by atomic mass is 10.1. The van der Waals surface area contributed by atoms with Gasteiger partial charge in [-0.2, -0.15) is 0 Å². The van der Waals surface area contributed by atoms with E-state index in [1.165, 1.54) is 45.1 Å². The minimum Gasteiger partial charge on any atom is -0.379 e. The minimum absolute atomic E-state index is 0.855. The van der Waals surface area contributed by atoms with E-state index >= 15 is 0 Å². The van der Waals surface area contributed by atoms with Gasteiger partial charge in [0, 0.05) is 13.1 Å². The van der Waals surface area contributed by atoms with E-state index in [0.29, 0.717) is 0 Å². The van der Waals surface area contributed by atoms with Crippen LogP contribution in [0.25, 0.3) is 0 Å². The van der Waals surface area contributed by atoms with E-state index in [4.69, 9.17) is 10.5 Å². The van der Waals surface area contributed by atoms with Gasteiger partial charge in [0.25, 0.3) is 0 Å². The second kappa shape index (κ2) is 9.13. The highest BCUT2D eigenvalue weighted by Gasteiger charge is 2.08. The molecule has 1 heterocycles. The van der Waals surface area contributed by atoms with Gasteiger partial charge in [-0.1, -0.05) is 25.7 Å². The summed E-state index contributed by atoms with van der Waals surface area (Å²) in [7, 11) is 0. The van der Waals surface area contributed by atoms with Crippen LogP contribution >= 0.6 is 0 Å². The molecule has 2 N–H and O–H groups in total. The fourth-order valence-electron chi connectivity index (χ4n) is 2.01. The smallest absolute Gasteiger partial charge is 0.0594 e. The molecule has 1 aliphatic heterocycles. The van der Waals surface area contributed by atoms with Crippen molar-refractivity contribution in [3.8, 4) is 0 Å². The highest BCUT2D eigenvalue weighted by Crippen LogP contribution is 2.06. The van der Waals surface area contributed by atoms with Gasteiger partial charge >= 0.3 is 0 Å². The van der Waals surface area contributed by atoms with E-state index in [1.54, 1.807) is 0 Å². The molecule has 3 heteroatoms. The van der Waals surface area contributed by atoms with Crippen molar-refractivity contribution in [2.24, 2.45) is 5.73 Å². The molecule has 0 aliphatic carbocycles. The van der Waals surface area contributed by atoms with E-state index < -0.39 is 0 Å². The number of unbranched alkanes of at least 4 members (excludes halogenated alkanes) is 5. The fraction of sp³-hybridized carbons (Fsp3) is 1.00. The van der Waals surface area contributed by atoms with Crippen LogP contribution in [0.2, 0.25) is 0 Å². The summed E-state index contributed by atoms with van der Waals surface area (Å²) in [6, 6.07) is 0. The van der Waals surface area contributed by atoms with Crippen LogP contribution in [-0.2, 0) is 4.74 Å². The van der Waals surface area contributed by atoms with Gasteiger partial charge in [-0.3, -0.25) is 4.90 Å². The topological polar surface area (TPSA) is 38.5 Å². The summed E-state index contributed by atoms with van der Waals surface area (Å²) in [5.74, 6) is 0. The molecule has 1 saturated heterocycles. The Labute approximate surface area is 94.0 Å². The van der Waals surface area contributed by atoms with Gasteiger partial charge in [0.2, 0.25) is 0 Å². The summed E-state index contributed by atoms with van der Waals surface area (Å²) < 4.78 is 5.32. The highest BCUT2D eigenvalue weighted by molar-refractivity contribution is 4.61. The Morgan fingerprint density at radius 3 is 2.13 bits per heavy atom. The van der Waals surface area contributed by atoms with Crippen molar-refractivity contribution < 1.29 is 4.74 Å². The second-order valence-electron chi connectivity index (χ2n) is 4.36. The molecule has 0 atom stereocenters.